The van der Waals surface area contributed by atoms with Crippen LogP contribution in [0.1, 0.15) is 161 Å². The van der Waals surface area contributed by atoms with Crippen LogP contribution in [0.4, 0.5) is 0 Å². The maximum Gasteiger partial charge on any atom is 0.0659 e. The quantitative estimate of drug-likeness (QED) is 0.266. The molecule has 2 heterocycles. The summed E-state index contributed by atoms with van der Waals surface area (Å²) in [5.41, 5.74) is 0. The van der Waals surface area contributed by atoms with Gasteiger partial charge in [-0.05, 0) is 193 Å². The molecule has 0 amide bonds. The Bertz CT molecular complexity index is 1790. The van der Waals surface area contributed by atoms with E-state index in [9.17, 15) is 31.6 Å². The minimum atomic E-state index is -0.368. The van der Waals surface area contributed by atoms with E-state index in [4.69, 9.17) is 0 Å². The fourth-order valence-electron chi connectivity index (χ4n) is 18.8. The first kappa shape index (κ1) is 43.2. The zero-order valence-electron chi connectivity index (χ0n) is 37.5. The van der Waals surface area contributed by atoms with Gasteiger partial charge in [0.2, 0.25) is 0 Å². The highest BCUT2D eigenvalue weighted by molar-refractivity contribution is 8.00. The lowest BCUT2D eigenvalue weighted by Crippen LogP contribution is -2.56. The van der Waals surface area contributed by atoms with E-state index in [2.05, 4.69) is 53.1 Å². The van der Waals surface area contributed by atoms with E-state index in [1.165, 1.54) is 128 Å². The fraction of sp³-hybridized carbons (Fsp3) is 0.889. The number of hydrogen-bond acceptors (Lipinski definition) is 8. The number of rotatable bonds is 5. The largest absolute Gasteiger partial charge is 0.294 e. The summed E-state index contributed by atoms with van der Waals surface area (Å²) >= 11 is 2.25. The van der Waals surface area contributed by atoms with Crippen LogP contribution in [0.15, 0.2) is 0 Å². The second kappa shape index (κ2) is 18.6. The van der Waals surface area contributed by atoms with Gasteiger partial charge in [-0.1, -0.05) is 38.5 Å². The van der Waals surface area contributed by atoms with E-state index < -0.39 is 0 Å². The van der Waals surface area contributed by atoms with Crippen molar-refractivity contribution in [2.45, 2.75) is 189 Å². The van der Waals surface area contributed by atoms with Crippen LogP contribution in [0.3, 0.4) is 0 Å². The van der Waals surface area contributed by atoms with Gasteiger partial charge in [0.15, 0.2) is 0 Å². The number of nitriles is 6. The van der Waals surface area contributed by atoms with Gasteiger partial charge in [0, 0.05) is 40.5 Å². The Kier molecular flexibility index (Phi) is 13.0. The SMILES string of the molecule is N#CC1CC(C#N)C(C2C(C3CCC(C4CCC(N5C6CCCCC6C6CCCCC65)CC4)CC3)CC3SC4CCCCC4C3C2C2C(C#N)CC(C#N)CC2C#N)C(C#N)C1. The molecule has 8 saturated carbocycles. The first-order chi connectivity index (χ1) is 30.5. The Hall–Kier alpha value is -2.75. The maximum absolute atomic E-state index is 11.0. The standard InChI is InChI=1S/C54H73N7S/c55-26-32-21-37(28-57)50(38(22-32)29-58)53-45(25-49-52(44-9-3-6-12-48(44)62-49)54(53)51-39(30-59)23-33(27-56)24-40(51)31-60)36-15-13-34(14-16-36)35-17-19-41(20-18-35)61-46-10-4-1-7-42(46)43-8-2-5-11-47(43)61/h32-54H,1-25H2. The van der Waals surface area contributed by atoms with Gasteiger partial charge < -0.3 is 0 Å². The van der Waals surface area contributed by atoms with Gasteiger partial charge in [0.05, 0.1) is 60.1 Å². The van der Waals surface area contributed by atoms with Crippen molar-refractivity contribution in [3.63, 3.8) is 0 Å². The highest BCUT2D eigenvalue weighted by Gasteiger charge is 2.63. The summed E-state index contributed by atoms with van der Waals surface area (Å²) in [4.78, 5) is 3.17. The third-order valence-electron chi connectivity index (χ3n) is 21.0. The van der Waals surface area contributed by atoms with Crippen LogP contribution in [0.2, 0.25) is 0 Å². The molecular formula is C54H73N7S. The van der Waals surface area contributed by atoms with Crippen molar-refractivity contribution in [3.05, 3.63) is 0 Å². The Morgan fingerprint density at radius 3 is 1.27 bits per heavy atom. The van der Waals surface area contributed by atoms with Crippen LogP contribution in [-0.2, 0) is 0 Å². The zero-order valence-corrected chi connectivity index (χ0v) is 38.3. The van der Waals surface area contributed by atoms with Crippen molar-refractivity contribution in [2.24, 2.45) is 107 Å². The van der Waals surface area contributed by atoms with Crippen molar-refractivity contribution in [3.8, 4) is 36.4 Å². The maximum atomic E-state index is 11.0. The van der Waals surface area contributed by atoms with Crippen LogP contribution < -0.4 is 0 Å². The van der Waals surface area contributed by atoms with E-state index in [0.29, 0.717) is 59.9 Å². The summed E-state index contributed by atoms with van der Waals surface area (Å²) in [6.45, 7) is 0. The summed E-state index contributed by atoms with van der Waals surface area (Å²) in [5.74, 6) is 3.26. The average Bonchev–Trinajstić information content (AvgIpc) is 3.88. The van der Waals surface area contributed by atoms with Gasteiger partial charge in [0.25, 0.3) is 0 Å². The first-order valence-corrected chi connectivity index (χ1v) is 27.2. The van der Waals surface area contributed by atoms with Crippen molar-refractivity contribution in [1.82, 2.24) is 4.90 Å². The molecular weight excluding hydrogens is 779 g/mol. The zero-order chi connectivity index (χ0) is 42.5. The fourth-order valence-corrected chi connectivity index (χ4v) is 20.9. The number of likely N-dealkylation sites (tertiary alicyclic amines) is 1. The number of hydrogen-bond donors (Lipinski definition) is 0. The highest BCUT2D eigenvalue weighted by Crippen LogP contribution is 2.67. The molecule has 0 aromatic rings. The van der Waals surface area contributed by atoms with Crippen molar-refractivity contribution in [1.29, 1.82) is 31.6 Å². The van der Waals surface area contributed by atoms with Crippen molar-refractivity contribution in [2.75, 3.05) is 0 Å². The number of nitrogens with zero attached hydrogens (tertiary/aromatic N) is 7. The van der Waals surface area contributed by atoms with Gasteiger partial charge in [-0.3, -0.25) is 4.90 Å². The molecule has 8 aliphatic carbocycles. The molecule has 0 aromatic carbocycles. The van der Waals surface area contributed by atoms with Crippen LogP contribution >= 0.6 is 11.8 Å². The molecule has 10 fully saturated rings. The second-order valence-corrected chi connectivity index (χ2v) is 24.7. The van der Waals surface area contributed by atoms with Crippen LogP contribution in [0.5, 0.6) is 0 Å². The smallest absolute Gasteiger partial charge is 0.0659 e. The molecule has 0 aromatic heterocycles. The predicted octanol–water partition coefficient (Wildman–Crippen LogP) is 12.0. The van der Waals surface area contributed by atoms with E-state index in [1.807, 2.05) is 0 Å². The second-order valence-electron chi connectivity index (χ2n) is 23.2. The Balaban J connectivity index is 0.928. The van der Waals surface area contributed by atoms with Gasteiger partial charge >= 0.3 is 0 Å². The summed E-state index contributed by atoms with van der Waals surface area (Å²) in [5, 5.41) is 65.4. The minimum Gasteiger partial charge on any atom is -0.294 e. The summed E-state index contributed by atoms with van der Waals surface area (Å²) in [7, 11) is 0. The van der Waals surface area contributed by atoms with Gasteiger partial charge in [-0.2, -0.15) is 43.3 Å². The molecule has 10 rings (SSSR count). The average molecular weight is 852 g/mol. The number of fused-ring (bicyclic) bond motifs is 6. The predicted molar refractivity (Wildman–Crippen MR) is 240 cm³/mol. The molecule has 7 nitrogen and oxygen atoms in total. The molecule has 2 aliphatic heterocycles. The molecule has 15 unspecified atom stereocenters. The molecule has 2 saturated heterocycles. The molecule has 0 spiro atoms. The molecule has 62 heavy (non-hydrogen) atoms. The first-order valence-electron chi connectivity index (χ1n) is 26.3. The normalized spacial score (nSPS) is 51.5. The van der Waals surface area contributed by atoms with Gasteiger partial charge in [-0.15, -0.1) is 0 Å². The van der Waals surface area contributed by atoms with Gasteiger partial charge in [-0.25, -0.2) is 0 Å². The van der Waals surface area contributed by atoms with Crippen LogP contribution in [-0.4, -0.2) is 33.5 Å². The molecule has 0 radical (unpaired) electrons. The van der Waals surface area contributed by atoms with E-state index in [0.717, 1.165) is 48.2 Å². The molecule has 0 N–H and O–H groups in total. The topological polar surface area (TPSA) is 146 Å². The monoisotopic (exact) mass is 852 g/mol. The van der Waals surface area contributed by atoms with Crippen molar-refractivity contribution >= 4 is 11.8 Å². The van der Waals surface area contributed by atoms with Crippen LogP contribution in [0, 0.1) is 175 Å². The molecule has 8 heteroatoms. The molecule has 15 atom stereocenters. The van der Waals surface area contributed by atoms with Crippen LogP contribution in [0.25, 0.3) is 0 Å². The lowest BCUT2D eigenvalue weighted by atomic mass is 9.45. The third-order valence-corrected chi connectivity index (χ3v) is 22.8. The number of thioether (sulfide) groups is 1. The van der Waals surface area contributed by atoms with E-state index in [-0.39, 0.29) is 59.2 Å². The van der Waals surface area contributed by atoms with Gasteiger partial charge in [0.1, 0.15) is 0 Å². The minimum absolute atomic E-state index is 0.0893. The summed E-state index contributed by atoms with van der Waals surface area (Å²) in [6, 6.07) is 18.4. The Morgan fingerprint density at radius 2 is 0.774 bits per heavy atom. The Labute approximate surface area is 378 Å². The molecule has 0 bridgehead atoms. The lowest BCUT2D eigenvalue weighted by Gasteiger charge is -2.58. The lowest BCUT2D eigenvalue weighted by molar-refractivity contribution is -0.0919. The highest BCUT2D eigenvalue weighted by atomic mass is 32.2. The van der Waals surface area contributed by atoms with E-state index >= 15 is 0 Å². The Morgan fingerprint density at radius 1 is 0.339 bits per heavy atom. The summed E-state index contributed by atoms with van der Waals surface area (Å²) in [6.07, 6.45) is 30.5. The molecule has 330 valence electrons. The third kappa shape index (κ3) is 7.61. The molecule has 10 aliphatic rings. The van der Waals surface area contributed by atoms with E-state index in [1.54, 1.807) is 0 Å². The summed E-state index contributed by atoms with van der Waals surface area (Å²) < 4.78 is 0. The van der Waals surface area contributed by atoms with Crippen molar-refractivity contribution < 1.29 is 0 Å².